The fourth-order valence-corrected chi connectivity index (χ4v) is 3.05. The van der Waals surface area contributed by atoms with Crippen molar-refractivity contribution in [1.29, 1.82) is 0 Å². The fraction of sp³-hybridized carbons (Fsp3) is 0.538. The Morgan fingerprint density at radius 1 is 1.20 bits per heavy atom. The summed E-state index contributed by atoms with van der Waals surface area (Å²) in [7, 11) is 0. The van der Waals surface area contributed by atoms with Crippen LogP contribution in [0, 0.1) is 6.92 Å². The zero-order chi connectivity index (χ0) is 10.7. The lowest BCUT2D eigenvalue weighted by molar-refractivity contribution is 0.0584. The van der Waals surface area contributed by atoms with Crippen molar-refractivity contribution >= 4 is 15.9 Å². The van der Waals surface area contributed by atoms with E-state index in [1.54, 1.807) is 0 Å². The summed E-state index contributed by atoms with van der Waals surface area (Å²) in [6.07, 6.45) is 2.25. The first kappa shape index (κ1) is 11.2. The highest BCUT2D eigenvalue weighted by molar-refractivity contribution is 9.09. The zero-order valence-corrected chi connectivity index (χ0v) is 10.7. The van der Waals surface area contributed by atoms with Gasteiger partial charge in [0.1, 0.15) is 0 Å². The topological polar surface area (TPSA) is 9.23 Å². The summed E-state index contributed by atoms with van der Waals surface area (Å²) in [4.78, 5) is 0. The van der Waals surface area contributed by atoms with Crippen molar-refractivity contribution in [2.24, 2.45) is 0 Å². The van der Waals surface area contributed by atoms with Gasteiger partial charge < -0.3 is 4.74 Å². The smallest absolute Gasteiger partial charge is 0.0474 e. The number of hydrogen-bond acceptors (Lipinski definition) is 1. The van der Waals surface area contributed by atoms with E-state index in [-0.39, 0.29) is 0 Å². The van der Waals surface area contributed by atoms with Crippen LogP contribution in [0.4, 0.5) is 0 Å². The van der Waals surface area contributed by atoms with Gasteiger partial charge in [-0.05, 0) is 25.3 Å². The number of hydrogen-bond donors (Lipinski definition) is 0. The van der Waals surface area contributed by atoms with E-state index in [1.807, 2.05) is 0 Å². The normalized spacial score (nSPS) is 20.1. The maximum Gasteiger partial charge on any atom is 0.0474 e. The summed E-state index contributed by atoms with van der Waals surface area (Å²) in [5.41, 5.74) is 3.08. The minimum Gasteiger partial charge on any atom is -0.381 e. The molecule has 0 unspecified atom stereocenters. The van der Waals surface area contributed by atoms with Crippen molar-refractivity contribution in [1.82, 2.24) is 0 Å². The molecule has 1 aromatic carbocycles. The van der Waals surface area contributed by atoms with E-state index in [0.717, 1.165) is 31.4 Å². The Balaban J connectivity index is 2.28. The molecule has 0 spiro atoms. The molecule has 1 heterocycles. The Kier molecular flexibility index (Phi) is 3.47. The first-order valence-corrected chi connectivity index (χ1v) is 6.60. The monoisotopic (exact) mass is 268 g/mol. The molecular formula is C13H17BrO. The first-order valence-electron chi connectivity index (χ1n) is 5.48. The van der Waals surface area contributed by atoms with Crippen molar-refractivity contribution in [2.45, 2.75) is 25.2 Å². The van der Waals surface area contributed by atoms with Crippen LogP contribution in [0.5, 0.6) is 0 Å². The van der Waals surface area contributed by atoms with Crippen LogP contribution in [0.3, 0.4) is 0 Å². The Morgan fingerprint density at radius 3 is 2.33 bits per heavy atom. The Bertz CT molecular complexity index is 312. The van der Waals surface area contributed by atoms with Crippen LogP contribution in [0.2, 0.25) is 0 Å². The molecule has 0 amide bonds. The van der Waals surface area contributed by atoms with Crippen molar-refractivity contribution in [3.8, 4) is 0 Å². The lowest BCUT2D eigenvalue weighted by Gasteiger charge is -2.36. The molecule has 1 aliphatic rings. The van der Waals surface area contributed by atoms with Crippen LogP contribution in [0.25, 0.3) is 0 Å². The van der Waals surface area contributed by atoms with Gasteiger partial charge in [0.15, 0.2) is 0 Å². The van der Waals surface area contributed by atoms with Crippen LogP contribution < -0.4 is 0 Å². The molecular weight excluding hydrogens is 252 g/mol. The summed E-state index contributed by atoms with van der Waals surface area (Å²) >= 11 is 3.67. The standard InChI is InChI=1S/C13H17BrO/c1-11-2-4-12(5-3-11)13(10-14)6-8-15-9-7-13/h2-5H,6-10H2,1H3. The van der Waals surface area contributed by atoms with E-state index in [1.165, 1.54) is 11.1 Å². The molecule has 0 atom stereocenters. The average molecular weight is 269 g/mol. The molecule has 0 N–H and O–H groups in total. The van der Waals surface area contributed by atoms with Gasteiger partial charge in [-0.15, -0.1) is 0 Å². The predicted octanol–water partition coefficient (Wildman–Crippen LogP) is 3.44. The number of benzene rings is 1. The third-order valence-corrected chi connectivity index (χ3v) is 4.44. The van der Waals surface area contributed by atoms with Crippen LogP contribution >= 0.6 is 15.9 Å². The molecule has 0 radical (unpaired) electrons. The van der Waals surface area contributed by atoms with E-state index in [2.05, 4.69) is 47.1 Å². The number of alkyl halides is 1. The minimum atomic E-state index is 0.298. The molecule has 0 aromatic heterocycles. The van der Waals surface area contributed by atoms with Crippen LogP contribution in [0.1, 0.15) is 24.0 Å². The Morgan fingerprint density at radius 2 is 1.80 bits per heavy atom. The molecule has 1 aromatic rings. The quantitative estimate of drug-likeness (QED) is 0.747. The summed E-state index contributed by atoms with van der Waals surface area (Å²) in [5.74, 6) is 0. The van der Waals surface area contributed by atoms with E-state index >= 15 is 0 Å². The minimum absolute atomic E-state index is 0.298. The van der Waals surface area contributed by atoms with Gasteiger partial charge in [-0.1, -0.05) is 45.8 Å². The molecule has 0 saturated carbocycles. The highest BCUT2D eigenvalue weighted by Crippen LogP contribution is 2.36. The van der Waals surface area contributed by atoms with Gasteiger partial charge in [0, 0.05) is 24.0 Å². The first-order chi connectivity index (χ1) is 7.27. The molecule has 1 aliphatic heterocycles. The highest BCUT2D eigenvalue weighted by atomic mass is 79.9. The van der Waals surface area contributed by atoms with E-state index < -0.39 is 0 Å². The SMILES string of the molecule is Cc1ccc(C2(CBr)CCOCC2)cc1. The zero-order valence-electron chi connectivity index (χ0n) is 9.13. The maximum atomic E-state index is 5.45. The second-order valence-electron chi connectivity index (χ2n) is 4.39. The van der Waals surface area contributed by atoms with Crippen molar-refractivity contribution < 1.29 is 4.74 Å². The second-order valence-corrected chi connectivity index (χ2v) is 4.95. The van der Waals surface area contributed by atoms with Gasteiger partial charge in [-0.3, -0.25) is 0 Å². The molecule has 1 saturated heterocycles. The van der Waals surface area contributed by atoms with Gasteiger partial charge in [-0.2, -0.15) is 0 Å². The summed E-state index contributed by atoms with van der Waals surface area (Å²) < 4.78 is 5.45. The molecule has 82 valence electrons. The largest absolute Gasteiger partial charge is 0.381 e. The Hall–Kier alpha value is -0.340. The van der Waals surface area contributed by atoms with Crippen LogP contribution in [-0.4, -0.2) is 18.5 Å². The summed E-state index contributed by atoms with van der Waals surface area (Å²) in [5, 5.41) is 1.03. The lowest BCUT2D eigenvalue weighted by atomic mass is 9.76. The third-order valence-electron chi connectivity index (χ3n) is 3.37. The van der Waals surface area contributed by atoms with Crippen LogP contribution in [-0.2, 0) is 10.2 Å². The maximum absolute atomic E-state index is 5.45. The molecule has 0 aliphatic carbocycles. The number of rotatable bonds is 2. The Labute approximate surface area is 100.0 Å². The molecule has 2 rings (SSSR count). The van der Waals surface area contributed by atoms with Crippen molar-refractivity contribution in [3.05, 3.63) is 35.4 Å². The fourth-order valence-electron chi connectivity index (χ4n) is 2.17. The third kappa shape index (κ3) is 2.26. The molecule has 1 fully saturated rings. The van der Waals surface area contributed by atoms with Gasteiger partial charge in [0.2, 0.25) is 0 Å². The average Bonchev–Trinajstić information content (AvgIpc) is 2.31. The van der Waals surface area contributed by atoms with Gasteiger partial charge in [-0.25, -0.2) is 0 Å². The summed E-state index contributed by atoms with van der Waals surface area (Å²) in [6, 6.07) is 8.94. The predicted molar refractivity (Wildman–Crippen MR) is 66.7 cm³/mol. The number of ether oxygens (including phenoxy) is 1. The number of aryl methyl sites for hydroxylation is 1. The second kappa shape index (κ2) is 4.67. The van der Waals surface area contributed by atoms with Gasteiger partial charge in [0.25, 0.3) is 0 Å². The molecule has 1 nitrogen and oxygen atoms in total. The lowest BCUT2D eigenvalue weighted by Crippen LogP contribution is -2.35. The van der Waals surface area contributed by atoms with Gasteiger partial charge >= 0.3 is 0 Å². The van der Waals surface area contributed by atoms with E-state index in [9.17, 15) is 0 Å². The summed E-state index contributed by atoms with van der Waals surface area (Å²) in [6.45, 7) is 3.91. The molecule has 2 heteroatoms. The van der Waals surface area contributed by atoms with Gasteiger partial charge in [0.05, 0.1) is 0 Å². The molecule has 0 bridgehead atoms. The van der Waals surface area contributed by atoms with Crippen LogP contribution in [0.15, 0.2) is 24.3 Å². The number of halogens is 1. The van der Waals surface area contributed by atoms with E-state index in [0.29, 0.717) is 5.41 Å². The van der Waals surface area contributed by atoms with Crippen molar-refractivity contribution in [3.63, 3.8) is 0 Å². The van der Waals surface area contributed by atoms with E-state index in [4.69, 9.17) is 4.74 Å². The van der Waals surface area contributed by atoms with Crippen molar-refractivity contribution in [2.75, 3.05) is 18.5 Å². The molecule has 15 heavy (non-hydrogen) atoms. The highest BCUT2D eigenvalue weighted by Gasteiger charge is 2.33.